The number of carbonyl (C=O) groups is 1. The summed E-state index contributed by atoms with van der Waals surface area (Å²) in [6.07, 6.45) is 2.14. The standard InChI is InChI=1S/C11H19N3O2S/c1-7(13-14-10(12)17)4-5-8-6-11(2,3)16-9(8)15/h8,13H,1,4-6H2,2-3H3,(H3,12,14,17). The Morgan fingerprint density at radius 2 is 2.29 bits per heavy atom. The first-order valence-electron chi connectivity index (χ1n) is 5.52. The quantitative estimate of drug-likeness (QED) is 0.387. The van der Waals surface area contributed by atoms with Gasteiger partial charge in [-0.15, -0.1) is 0 Å². The van der Waals surface area contributed by atoms with Gasteiger partial charge in [-0.05, 0) is 45.3 Å². The number of hydrazine groups is 1. The molecule has 1 atom stereocenters. The Bertz CT molecular complexity index is 342. The van der Waals surface area contributed by atoms with Crippen LogP contribution >= 0.6 is 12.2 Å². The number of nitrogens with one attached hydrogen (secondary N) is 2. The molecule has 1 saturated heterocycles. The van der Waals surface area contributed by atoms with E-state index in [1.807, 2.05) is 13.8 Å². The minimum atomic E-state index is -0.340. The van der Waals surface area contributed by atoms with Gasteiger partial charge in [0.05, 0.1) is 5.92 Å². The molecule has 0 aromatic carbocycles. The number of esters is 1. The topological polar surface area (TPSA) is 76.4 Å². The molecule has 1 aliphatic rings. The van der Waals surface area contributed by atoms with Crippen LogP contribution in [-0.2, 0) is 9.53 Å². The van der Waals surface area contributed by atoms with Gasteiger partial charge in [-0.3, -0.25) is 10.2 Å². The van der Waals surface area contributed by atoms with E-state index < -0.39 is 0 Å². The fourth-order valence-corrected chi connectivity index (χ4v) is 1.91. The number of thiocarbonyl (C=S) groups is 1. The summed E-state index contributed by atoms with van der Waals surface area (Å²) in [5.74, 6) is -0.168. The molecule has 1 aliphatic heterocycles. The Morgan fingerprint density at radius 1 is 1.65 bits per heavy atom. The van der Waals surface area contributed by atoms with Crippen LogP contribution in [0.2, 0.25) is 0 Å². The summed E-state index contributed by atoms with van der Waals surface area (Å²) in [6, 6.07) is 0. The summed E-state index contributed by atoms with van der Waals surface area (Å²) in [4.78, 5) is 11.5. The maximum Gasteiger partial charge on any atom is 0.309 e. The summed E-state index contributed by atoms with van der Waals surface area (Å²) in [5, 5.41) is 0.160. The first-order valence-corrected chi connectivity index (χ1v) is 5.93. The summed E-state index contributed by atoms with van der Waals surface area (Å²) >= 11 is 4.64. The molecular weight excluding hydrogens is 238 g/mol. The Kier molecular flexibility index (Phi) is 4.34. The predicted molar refractivity (Wildman–Crippen MR) is 69.7 cm³/mol. The minimum absolute atomic E-state index is 0.0478. The second-order valence-corrected chi connectivity index (χ2v) is 5.28. The van der Waals surface area contributed by atoms with Crippen molar-refractivity contribution >= 4 is 23.3 Å². The zero-order valence-corrected chi connectivity index (χ0v) is 11.0. The minimum Gasteiger partial charge on any atom is -0.459 e. The van der Waals surface area contributed by atoms with Crippen molar-refractivity contribution in [3.05, 3.63) is 12.3 Å². The number of allylic oxidation sites excluding steroid dienone is 1. The monoisotopic (exact) mass is 257 g/mol. The molecule has 1 rings (SSSR count). The van der Waals surface area contributed by atoms with E-state index in [0.29, 0.717) is 12.8 Å². The van der Waals surface area contributed by atoms with Gasteiger partial charge in [0.1, 0.15) is 5.60 Å². The van der Waals surface area contributed by atoms with E-state index >= 15 is 0 Å². The molecule has 0 aromatic rings. The lowest BCUT2D eigenvalue weighted by Gasteiger charge is -2.15. The number of cyclic esters (lactones) is 1. The number of hydrogen-bond donors (Lipinski definition) is 3. The summed E-state index contributed by atoms with van der Waals surface area (Å²) in [6.45, 7) is 7.65. The van der Waals surface area contributed by atoms with Crippen molar-refractivity contribution in [2.45, 2.75) is 38.7 Å². The van der Waals surface area contributed by atoms with Crippen molar-refractivity contribution in [2.24, 2.45) is 11.7 Å². The predicted octanol–water partition coefficient (Wildman–Crippen LogP) is 0.960. The second kappa shape index (κ2) is 5.35. The van der Waals surface area contributed by atoms with Gasteiger partial charge in [0.15, 0.2) is 5.11 Å². The largest absolute Gasteiger partial charge is 0.459 e. The van der Waals surface area contributed by atoms with Gasteiger partial charge in [0.25, 0.3) is 0 Å². The SMILES string of the molecule is C=C(CCC1CC(C)(C)OC1=O)NNC(N)=S. The Morgan fingerprint density at radius 3 is 2.76 bits per heavy atom. The molecule has 5 nitrogen and oxygen atoms in total. The van der Waals surface area contributed by atoms with Crippen LogP contribution in [0.1, 0.15) is 33.1 Å². The molecule has 6 heteroatoms. The molecule has 0 spiro atoms. The Labute approximate surface area is 107 Å². The van der Waals surface area contributed by atoms with E-state index in [9.17, 15) is 4.79 Å². The maximum atomic E-state index is 11.5. The first kappa shape index (κ1) is 13.8. The molecule has 17 heavy (non-hydrogen) atoms. The van der Waals surface area contributed by atoms with Crippen LogP contribution in [0.4, 0.5) is 0 Å². The zero-order chi connectivity index (χ0) is 13.1. The van der Waals surface area contributed by atoms with Gasteiger partial charge in [-0.1, -0.05) is 6.58 Å². The second-order valence-electron chi connectivity index (χ2n) is 4.84. The molecule has 0 aromatic heterocycles. The molecule has 0 radical (unpaired) electrons. The van der Waals surface area contributed by atoms with Crippen LogP contribution in [0.3, 0.4) is 0 Å². The highest BCUT2D eigenvalue weighted by atomic mass is 32.1. The maximum absolute atomic E-state index is 11.5. The lowest BCUT2D eigenvalue weighted by molar-refractivity contribution is -0.148. The third kappa shape index (κ3) is 4.60. The van der Waals surface area contributed by atoms with Crippen LogP contribution < -0.4 is 16.6 Å². The highest BCUT2D eigenvalue weighted by Gasteiger charge is 2.39. The molecule has 0 aliphatic carbocycles. The molecule has 96 valence electrons. The lowest BCUT2D eigenvalue weighted by atomic mass is 9.93. The van der Waals surface area contributed by atoms with Gasteiger partial charge in [-0.2, -0.15) is 0 Å². The van der Waals surface area contributed by atoms with Gasteiger partial charge in [0.2, 0.25) is 0 Å². The highest BCUT2D eigenvalue weighted by Crippen LogP contribution is 2.33. The molecule has 1 unspecified atom stereocenters. The Balaban J connectivity index is 2.29. The molecule has 0 amide bonds. The van der Waals surface area contributed by atoms with Crippen molar-refractivity contribution in [3.63, 3.8) is 0 Å². The van der Waals surface area contributed by atoms with Crippen molar-refractivity contribution in [1.82, 2.24) is 10.9 Å². The number of carbonyl (C=O) groups excluding carboxylic acids is 1. The van der Waals surface area contributed by atoms with Gasteiger partial charge in [-0.25, -0.2) is 0 Å². The van der Waals surface area contributed by atoms with Gasteiger partial charge >= 0.3 is 5.97 Å². The average molecular weight is 257 g/mol. The fraction of sp³-hybridized carbons (Fsp3) is 0.636. The Hall–Kier alpha value is -1.30. The zero-order valence-electron chi connectivity index (χ0n) is 10.2. The number of rotatable bonds is 5. The van der Waals surface area contributed by atoms with Crippen molar-refractivity contribution < 1.29 is 9.53 Å². The lowest BCUT2D eigenvalue weighted by Crippen LogP contribution is -2.40. The summed E-state index contributed by atoms with van der Waals surface area (Å²) in [7, 11) is 0. The first-order chi connectivity index (χ1) is 7.80. The van der Waals surface area contributed by atoms with E-state index in [2.05, 4.69) is 29.6 Å². The van der Waals surface area contributed by atoms with Crippen molar-refractivity contribution in [1.29, 1.82) is 0 Å². The van der Waals surface area contributed by atoms with Crippen LogP contribution in [0.5, 0.6) is 0 Å². The molecule has 0 bridgehead atoms. The number of nitrogens with two attached hydrogens (primary N) is 1. The average Bonchev–Trinajstić information content (AvgIpc) is 2.45. The normalized spacial score (nSPS) is 21.8. The van der Waals surface area contributed by atoms with E-state index in [0.717, 1.165) is 12.1 Å². The van der Waals surface area contributed by atoms with E-state index in [4.69, 9.17) is 10.5 Å². The summed E-state index contributed by atoms with van der Waals surface area (Å²) < 4.78 is 5.25. The molecular formula is C11H19N3O2S. The van der Waals surface area contributed by atoms with Gasteiger partial charge < -0.3 is 15.9 Å². The van der Waals surface area contributed by atoms with E-state index in [1.54, 1.807) is 0 Å². The molecule has 4 N–H and O–H groups in total. The third-order valence-electron chi connectivity index (χ3n) is 2.61. The fourth-order valence-electron chi connectivity index (χ4n) is 1.85. The van der Waals surface area contributed by atoms with Crippen molar-refractivity contribution in [3.8, 4) is 0 Å². The van der Waals surface area contributed by atoms with Crippen molar-refractivity contribution in [2.75, 3.05) is 0 Å². The molecule has 0 saturated carbocycles. The molecule has 1 fully saturated rings. The van der Waals surface area contributed by atoms with Gasteiger partial charge in [0, 0.05) is 5.70 Å². The number of ether oxygens (including phenoxy) is 1. The summed E-state index contributed by atoms with van der Waals surface area (Å²) in [5.41, 5.74) is 11.0. The van der Waals surface area contributed by atoms with Crippen LogP contribution in [0.15, 0.2) is 12.3 Å². The van der Waals surface area contributed by atoms with E-state index in [-0.39, 0.29) is 22.6 Å². The van der Waals surface area contributed by atoms with Crippen LogP contribution in [0, 0.1) is 5.92 Å². The van der Waals surface area contributed by atoms with Crippen LogP contribution in [0.25, 0.3) is 0 Å². The number of hydrogen-bond acceptors (Lipinski definition) is 4. The molecule has 1 heterocycles. The van der Waals surface area contributed by atoms with Crippen LogP contribution in [-0.4, -0.2) is 16.7 Å². The third-order valence-corrected chi connectivity index (χ3v) is 2.71. The smallest absolute Gasteiger partial charge is 0.309 e. The highest BCUT2D eigenvalue weighted by molar-refractivity contribution is 7.80. The van der Waals surface area contributed by atoms with E-state index in [1.165, 1.54) is 0 Å².